The summed E-state index contributed by atoms with van der Waals surface area (Å²) in [5.74, 6) is 0.659. The molecule has 0 unspecified atom stereocenters. The minimum Gasteiger partial charge on any atom is -0.493 e. The number of anilines is 1. The number of halogens is 2. The van der Waals surface area contributed by atoms with Crippen molar-refractivity contribution in [2.75, 3.05) is 51.3 Å². The summed E-state index contributed by atoms with van der Waals surface area (Å²) in [5.41, 5.74) is 1.45. The average Bonchev–Trinajstić information content (AvgIpc) is 3.73. The summed E-state index contributed by atoms with van der Waals surface area (Å²) in [6.45, 7) is 3.37. The zero-order valence-electron chi connectivity index (χ0n) is 23.1. The third-order valence-corrected chi connectivity index (χ3v) is 8.06. The molecule has 0 aliphatic carbocycles. The first-order valence-electron chi connectivity index (χ1n) is 13.8. The molecule has 11 nitrogen and oxygen atoms in total. The molecule has 1 fully saturated rings. The number of hydrogen-bond donors (Lipinski definition) is 1. The smallest absolute Gasteiger partial charge is 0.270 e. The number of aromatic nitrogens is 5. The van der Waals surface area contributed by atoms with Crippen LogP contribution in [0, 0.1) is 5.82 Å². The second kappa shape index (κ2) is 11.8. The monoisotopic (exact) mass is 592 g/mol. The standard InChI is InChI=1S/C29H30ClFN8O3/c1-42-24-5-2-7-32-28(24)36-12-14-37(15-13-36)29(41)23-17-21-22(30)16-20(26(31)27(21)34-23)19-4-3-9-38(18-19)25(40)6-10-39-11-8-33-35-39/h2,4-5,7-8,11,16-17,34H,3,6,9-10,12-15,18H2,1H3. The van der Waals surface area contributed by atoms with E-state index in [-0.39, 0.29) is 36.0 Å². The third-order valence-electron chi connectivity index (χ3n) is 7.75. The normalized spacial score (nSPS) is 15.7. The van der Waals surface area contributed by atoms with Gasteiger partial charge >= 0.3 is 0 Å². The van der Waals surface area contributed by atoms with E-state index in [4.69, 9.17) is 16.3 Å². The van der Waals surface area contributed by atoms with Crippen LogP contribution in [0.15, 0.2) is 48.9 Å². The van der Waals surface area contributed by atoms with E-state index in [1.807, 2.05) is 18.2 Å². The number of piperazine rings is 1. The summed E-state index contributed by atoms with van der Waals surface area (Å²) < 4.78 is 23.0. The van der Waals surface area contributed by atoms with Crippen LogP contribution in [0.5, 0.6) is 5.75 Å². The van der Waals surface area contributed by atoms with Gasteiger partial charge in [0.15, 0.2) is 17.4 Å². The summed E-state index contributed by atoms with van der Waals surface area (Å²) in [5, 5.41) is 8.42. The van der Waals surface area contributed by atoms with E-state index in [9.17, 15) is 9.59 Å². The van der Waals surface area contributed by atoms with Gasteiger partial charge in [-0.25, -0.2) is 9.37 Å². The lowest BCUT2D eigenvalue weighted by molar-refractivity contribution is -0.131. The molecule has 2 amide bonds. The molecule has 4 aromatic rings. The van der Waals surface area contributed by atoms with Gasteiger partial charge in [0.25, 0.3) is 5.91 Å². The van der Waals surface area contributed by atoms with Crippen LogP contribution in [0.4, 0.5) is 10.2 Å². The number of pyridine rings is 1. The van der Waals surface area contributed by atoms with E-state index in [1.54, 1.807) is 52.3 Å². The molecule has 0 radical (unpaired) electrons. The highest BCUT2D eigenvalue weighted by Gasteiger charge is 2.28. The number of nitrogens with zero attached hydrogens (tertiary/aromatic N) is 7. The predicted molar refractivity (Wildman–Crippen MR) is 156 cm³/mol. The quantitative estimate of drug-likeness (QED) is 0.349. The number of hydrogen-bond acceptors (Lipinski definition) is 7. The van der Waals surface area contributed by atoms with Crippen LogP contribution < -0.4 is 9.64 Å². The number of fused-ring (bicyclic) bond motifs is 1. The molecule has 0 spiro atoms. The Hall–Kier alpha value is -4.45. The maximum absolute atomic E-state index is 15.9. The van der Waals surface area contributed by atoms with E-state index in [1.165, 1.54) is 0 Å². The van der Waals surface area contributed by atoms with Gasteiger partial charge in [-0.3, -0.25) is 14.3 Å². The number of benzene rings is 1. The molecule has 2 aliphatic heterocycles. The fourth-order valence-electron chi connectivity index (χ4n) is 5.51. The SMILES string of the molecule is COc1cccnc1N1CCN(C(=O)c2cc3c(Cl)cc(C4=CCCN(C(=O)CCn5ccnn5)C4)c(F)c3[nH]2)CC1. The fraction of sp³-hybridized carbons (Fsp3) is 0.345. The van der Waals surface area contributed by atoms with E-state index in [0.717, 1.165) is 5.82 Å². The largest absolute Gasteiger partial charge is 0.493 e. The Morgan fingerprint density at radius 1 is 1.12 bits per heavy atom. The zero-order chi connectivity index (χ0) is 29.2. The van der Waals surface area contributed by atoms with Crippen LogP contribution >= 0.6 is 11.6 Å². The summed E-state index contributed by atoms with van der Waals surface area (Å²) in [7, 11) is 1.61. The lowest BCUT2D eigenvalue weighted by Gasteiger charge is -2.35. The Labute approximate surface area is 246 Å². The third kappa shape index (κ3) is 5.41. The van der Waals surface area contributed by atoms with Crippen LogP contribution in [0.1, 0.15) is 28.9 Å². The average molecular weight is 593 g/mol. The topological polar surface area (TPSA) is 112 Å². The van der Waals surface area contributed by atoms with Gasteiger partial charge in [0.1, 0.15) is 5.69 Å². The zero-order valence-corrected chi connectivity index (χ0v) is 23.8. The van der Waals surface area contributed by atoms with Gasteiger partial charge in [0.05, 0.1) is 30.4 Å². The summed E-state index contributed by atoms with van der Waals surface area (Å²) in [6, 6.07) is 6.86. The number of ether oxygens (including phenoxy) is 1. The number of methoxy groups -OCH3 is 1. The molecule has 42 heavy (non-hydrogen) atoms. The first-order valence-corrected chi connectivity index (χ1v) is 14.2. The summed E-state index contributed by atoms with van der Waals surface area (Å²) in [6.07, 6.45) is 7.79. The number of rotatable bonds is 7. The Kier molecular flexibility index (Phi) is 7.79. The molecular formula is C29H30ClFN8O3. The van der Waals surface area contributed by atoms with Gasteiger partial charge in [-0.1, -0.05) is 22.9 Å². The minimum absolute atomic E-state index is 0.0435. The molecule has 3 aromatic heterocycles. The molecule has 1 aromatic carbocycles. The predicted octanol–water partition coefficient (Wildman–Crippen LogP) is 3.62. The lowest BCUT2D eigenvalue weighted by Crippen LogP contribution is -2.49. The number of carbonyl (C=O) groups excluding carboxylic acids is 2. The van der Waals surface area contributed by atoms with Crippen molar-refractivity contribution in [1.29, 1.82) is 0 Å². The van der Waals surface area contributed by atoms with Crippen molar-refractivity contribution in [3.05, 3.63) is 71.0 Å². The number of amides is 2. The van der Waals surface area contributed by atoms with E-state index in [2.05, 4.69) is 25.2 Å². The number of carbonyl (C=O) groups is 2. The minimum atomic E-state index is -0.497. The van der Waals surface area contributed by atoms with Crippen molar-refractivity contribution < 1.29 is 18.7 Å². The van der Waals surface area contributed by atoms with Gasteiger partial charge in [0.2, 0.25) is 5.91 Å². The van der Waals surface area contributed by atoms with Crippen LogP contribution in [0.3, 0.4) is 0 Å². The molecule has 5 heterocycles. The van der Waals surface area contributed by atoms with Gasteiger partial charge < -0.3 is 24.4 Å². The van der Waals surface area contributed by atoms with Crippen molar-refractivity contribution in [3.63, 3.8) is 0 Å². The Morgan fingerprint density at radius 2 is 1.95 bits per heavy atom. The molecule has 0 saturated carbocycles. The van der Waals surface area contributed by atoms with Gasteiger partial charge in [-0.2, -0.15) is 0 Å². The first kappa shape index (κ1) is 27.7. The van der Waals surface area contributed by atoms with Gasteiger partial charge in [0, 0.05) is 69.0 Å². The second-order valence-electron chi connectivity index (χ2n) is 10.2. The highest BCUT2D eigenvalue weighted by atomic mass is 35.5. The maximum atomic E-state index is 15.9. The van der Waals surface area contributed by atoms with Crippen LogP contribution in [-0.2, 0) is 11.3 Å². The Bertz CT molecular complexity index is 1650. The summed E-state index contributed by atoms with van der Waals surface area (Å²) in [4.78, 5) is 39.2. The number of H-pyrrole nitrogens is 1. The number of aryl methyl sites for hydroxylation is 1. The first-order chi connectivity index (χ1) is 20.4. The number of nitrogens with one attached hydrogen (secondary N) is 1. The van der Waals surface area contributed by atoms with Crippen LogP contribution in [0.2, 0.25) is 5.02 Å². The molecule has 1 saturated heterocycles. The molecular weight excluding hydrogens is 563 g/mol. The summed E-state index contributed by atoms with van der Waals surface area (Å²) >= 11 is 6.62. The molecule has 13 heteroatoms. The maximum Gasteiger partial charge on any atom is 0.270 e. The Balaban J connectivity index is 1.16. The van der Waals surface area contributed by atoms with E-state index >= 15 is 4.39 Å². The molecule has 0 atom stereocenters. The fourth-order valence-corrected chi connectivity index (χ4v) is 5.77. The second-order valence-corrected chi connectivity index (χ2v) is 10.7. The number of aromatic amines is 1. The molecule has 6 rings (SSSR count). The van der Waals surface area contributed by atoms with Crippen LogP contribution in [0.25, 0.3) is 16.5 Å². The van der Waals surface area contributed by atoms with Gasteiger partial charge in [-0.05, 0) is 36.3 Å². The molecule has 0 bridgehead atoms. The lowest BCUT2D eigenvalue weighted by atomic mass is 9.99. The molecule has 218 valence electrons. The van der Waals surface area contributed by atoms with Crippen molar-refractivity contribution in [2.24, 2.45) is 0 Å². The van der Waals surface area contributed by atoms with E-state index in [0.29, 0.717) is 73.0 Å². The van der Waals surface area contributed by atoms with Crippen LogP contribution in [-0.4, -0.2) is 93.0 Å². The van der Waals surface area contributed by atoms with Crippen molar-refractivity contribution >= 4 is 45.7 Å². The highest BCUT2D eigenvalue weighted by molar-refractivity contribution is 6.36. The molecule has 1 N–H and O–H groups in total. The Morgan fingerprint density at radius 3 is 2.71 bits per heavy atom. The van der Waals surface area contributed by atoms with Crippen molar-refractivity contribution in [1.82, 2.24) is 34.8 Å². The van der Waals surface area contributed by atoms with Crippen molar-refractivity contribution in [2.45, 2.75) is 19.4 Å². The molecule has 2 aliphatic rings. The van der Waals surface area contributed by atoms with Gasteiger partial charge in [-0.15, -0.1) is 5.10 Å². The highest BCUT2D eigenvalue weighted by Crippen LogP contribution is 2.34. The van der Waals surface area contributed by atoms with Crippen molar-refractivity contribution in [3.8, 4) is 5.75 Å². The van der Waals surface area contributed by atoms with E-state index < -0.39 is 5.82 Å².